The van der Waals surface area contributed by atoms with Gasteiger partial charge in [0, 0.05) is 29.4 Å². The minimum Gasteiger partial charge on any atom is -0.497 e. The third kappa shape index (κ3) is 2.02. The highest BCUT2D eigenvalue weighted by Gasteiger charge is 2.06. The molecule has 0 fully saturated rings. The summed E-state index contributed by atoms with van der Waals surface area (Å²) in [7, 11) is 1.65. The molecule has 92 valence electrons. The van der Waals surface area contributed by atoms with Crippen LogP contribution in [0.4, 0.5) is 10.8 Å². The first-order valence-electron chi connectivity index (χ1n) is 5.49. The summed E-state index contributed by atoms with van der Waals surface area (Å²) in [6.07, 6.45) is 0. The molecular weight excluding hydrogens is 248 g/mol. The van der Waals surface area contributed by atoms with E-state index >= 15 is 0 Å². The molecule has 1 aromatic carbocycles. The van der Waals surface area contributed by atoms with Gasteiger partial charge in [-0.15, -0.1) is 0 Å². The number of anilines is 2. The minimum absolute atomic E-state index is 0.811. The summed E-state index contributed by atoms with van der Waals surface area (Å²) in [5.74, 6) is 0.817. The molecule has 0 amide bonds. The zero-order valence-electron chi connectivity index (χ0n) is 10.0. The molecule has 0 aliphatic carbocycles. The minimum atomic E-state index is 0.811. The van der Waals surface area contributed by atoms with Crippen LogP contribution in [0.15, 0.2) is 30.3 Å². The van der Waals surface area contributed by atoms with Crippen molar-refractivity contribution in [2.75, 3.05) is 12.4 Å². The van der Waals surface area contributed by atoms with Crippen LogP contribution in [-0.4, -0.2) is 21.1 Å². The van der Waals surface area contributed by atoms with Gasteiger partial charge in [0.15, 0.2) is 5.65 Å². The van der Waals surface area contributed by atoms with E-state index in [9.17, 15) is 0 Å². The number of hydrogen-bond donors (Lipinski definition) is 1. The van der Waals surface area contributed by atoms with Crippen LogP contribution in [0.3, 0.4) is 0 Å². The van der Waals surface area contributed by atoms with Crippen molar-refractivity contribution >= 4 is 28.0 Å². The van der Waals surface area contributed by atoms with E-state index in [4.69, 9.17) is 4.74 Å². The quantitative estimate of drug-likeness (QED) is 0.786. The summed E-state index contributed by atoms with van der Waals surface area (Å²) in [6.45, 7) is 1.95. The van der Waals surface area contributed by atoms with Crippen molar-refractivity contribution in [1.82, 2.24) is 14.0 Å². The van der Waals surface area contributed by atoms with Crippen molar-refractivity contribution in [3.63, 3.8) is 0 Å². The topological polar surface area (TPSA) is 51.5 Å². The molecule has 0 radical (unpaired) electrons. The van der Waals surface area contributed by atoms with Crippen molar-refractivity contribution in [3.8, 4) is 5.75 Å². The fraction of sp³-hybridized carbons (Fsp3) is 0.167. The molecule has 2 heterocycles. The molecule has 2 aromatic heterocycles. The molecule has 0 aliphatic rings. The Bertz CT molecular complexity index is 657. The van der Waals surface area contributed by atoms with E-state index in [0.717, 1.165) is 27.9 Å². The Kier molecular flexibility index (Phi) is 2.64. The molecule has 0 atom stereocenters. The molecule has 0 bridgehead atoms. The predicted octanol–water partition coefficient (Wildman–Crippen LogP) is 2.85. The number of ether oxygens (including phenoxy) is 1. The lowest BCUT2D eigenvalue weighted by Crippen LogP contribution is -1.90. The lowest BCUT2D eigenvalue weighted by Gasteiger charge is -2.04. The number of nitrogens with zero attached hydrogens (tertiary/aromatic N) is 3. The van der Waals surface area contributed by atoms with Gasteiger partial charge in [-0.3, -0.25) is 0 Å². The SMILES string of the molecule is COc1cccc(Nc2nc3cc(C)nn3s2)c1. The first kappa shape index (κ1) is 11.0. The number of aromatic nitrogens is 3. The summed E-state index contributed by atoms with van der Waals surface area (Å²) in [5, 5.41) is 8.37. The molecule has 0 saturated carbocycles. The zero-order valence-corrected chi connectivity index (χ0v) is 10.9. The molecule has 5 nitrogen and oxygen atoms in total. The number of nitrogens with one attached hydrogen (secondary N) is 1. The summed E-state index contributed by atoms with van der Waals surface area (Å²) in [4.78, 5) is 4.45. The highest BCUT2D eigenvalue weighted by atomic mass is 32.1. The van der Waals surface area contributed by atoms with Crippen LogP contribution in [0, 0.1) is 6.92 Å². The van der Waals surface area contributed by atoms with E-state index in [0.29, 0.717) is 0 Å². The fourth-order valence-electron chi connectivity index (χ4n) is 1.69. The van der Waals surface area contributed by atoms with Gasteiger partial charge in [0.2, 0.25) is 5.13 Å². The molecule has 0 saturated heterocycles. The second kappa shape index (κ2) is 4.30. The number of benzene rings is 1. The lowest BCUT2D eigenvalue weighted by atomic mass is 10.3. The Balaban J connectivity index is 1.88. The first-order chi connectivity index (χ1) is 8.74. The highest BCUT2D eigenvalue weighted by Crippen LogP contribution is 2.24. The average Bonchev–Trinajstić information content (AvgIpc) is 2.86. The molecule has 6 heteroatoms. The second-order valence-electron chi connectivity index (χ2n) is 3.88. The van der Waals surface area contributed by atoms with E-state index < -0.39 is 0 Å². The summed E-state index contributed by atoms with van der Waals surface area (Å²) in [6, 6.07) is 9.69. The third-order valence-corrected chi connectivity index (χ3v) is 3.30. The van der Waals surface area contributed by atoms with E-state index in [-0.39, 0.29) is 0 Å². The largest absolute Gasteiger partial charge is 0.497 e. The van der Waals surface area contributed by atoms with Gasteiger partial charge in [0.1, 0.15) is 5.75 Å². The van der Waals surface area contributed by atoms with Gasteiger partial charge in [-0.1, -0.05) is 6.07 Å². The van der Waals surface area contributed by atoms with Gasteiger partial charge in [0.25, 0.3) is 0 Å². The number of rotatable bonds is 3. The number of methoxy groups -OCH3 is 1. The molecule has 1 N–H and O–H groups in total. The summed E-state index contributed by atoms with van der Waals surface area (Å²) < 4.78 is 6.98. The van der Waals surface area contributed by atoms with Crippen molar-refractivity contribution in [2.24, 2.45) is 0 Å². The summed E-state index contributed by atoms with van der Waals surface area (Å²) >= 11 is 1.47. The molecule has 3 aromatic rings. The van der Waals surface area contributed by atoms with E-state index in [1.807, 2.05) is 37.3 Å². The zero-order chi connectivity index (χ0) is 12.5. The van der Waals surface area contributed by atoms with Crippen LogP contribution in [-0.2, 0) is 0 Å². The van der Waals surface area contributed by atoms with E-state index in [2.05, 4.69) is 15.4 Å². The number of fused-ring (bicyclic) bond motifs is 1. The Morgan fingerprint density at radius 3 is 3.00 bits per heavy atom. The first-order valence-corrected chi connectivity index (χ1v) is 6.27. The van der Waals surface area contributed by atoms with Crippen molar-refractivity contribution < 1.29 is 4.74 Å². The van der Waals surface area contributed by atoms with Crippen LogP contribution < -0.4 is 10.1 Å². The van der Waals surface area contributed by atoms with Gasteiger partial charge >= 0.3 is 0 Å². The number of aryl methyl sites for hydroxylation is 1. The van der Waals surface area contributed by atoms with E-state index in [1.165, 1.54) is 11.5 Å². The van der Waals surface area contributed by atoms with Crippen LogP contribution in [0.5, 0.6) is 5.75 Å². The molecule has 18 heavy (non-hydrogen) atoms. The maximum absolute atomic E-state index is 5.18. The predicted molar refractivity (Wildman–Crippen MR) is 71.9 cm³/mol. The third-order valence-electron chi connectivity index (χ3n) is 2.49. The van der Waals surface area contributed by atoms with Gasteiger partial charge < -0.3 is 10.1 Å². The van der Waals surface area contributed by atoms with Crippen LogP contribution >= 0.6 is 11.5 Å². The molecule has 3 rings (SSSR count). The highest BCUT2D eigenvalue weighted by molar-refractivity contribution is 7.10. The van der Waals surface area contributed by atoms with E-state index in [1.54, 1.807) is 11.0 Å². The maximum atomic E-state index is 5.18. The molecular formula is C12H12N4OS. The van der Waals surface area contributed by atoms with Gasteiger partial charge in [-0.25, -0.2) is 0 Å². The van der Waals surface area contributed by atoms with Crippen LogP contribution in [0.2, 0.25) is 0 Å². The molecule has 0 unspecified atom stereocenters. The van der Waals surface area contributed by atoms with Gasteiger partial charge in [0.05, 0.1) is 12.8 Å². The van der Waals surface area contributed by atoms with Crippen molar-refractivity contribution in [3.05, 3.63) is 36.0 Å². The monoisotopic (exact) mass is 260 g/mol. The van der Waals surface area contributed by atoms with Gasteiger partial charge in [-0.05, 0) is 19.1 Å². The van der Waals surface area contributed by atoms with Crippen LogP contribution in [0.25, 0.3) is 5.65 Å². The second-order valence-corrected chi connectivity index (χ2v) is 4.80. The maximum Gasteiger partial charge on any atom is 0.207 e. The fourth-order valence-corrected chi connectivity index (χ4v) is 2.51. The standard InChI is InChI=1S/C12H12N4OS/c1-8-6-11-14-12(18-16(11)15-8)13-9-4-3-5-10(7-9)17-2/h3-7H,1-2H3,(H,13,14). The Labute approximate surface area is 108 Å². The van der Waals surface area contributed by atoms with Crippen molar-refractivity contribution in [2.45, 2.75) is 6.92 Å². The Morgan fingerprint density at radius 2 is 2.22 bits per heavy atom. The normalized spacial score (nSPS) is 10.8. The Hall–Kier alpha value is -2.08. The Morgan fingerprint density at radius 1 is 1.33 bits per heavy atom. The molecule has 0 aliphatic heterocycles. The number of hydrogen-bond acceptors (Lipinski definition) is 5. The smallest absolute Gasteiger partial charge is 0.207 e. The van der Waals surface area contributed by atoms with Gasteiger partial charge in [-0.2, -0.15) is 14.0 Å². The average molecular weight is 260 g/mol. The molecule has 0 spiro atoms. The lowest BCUT2D eigenvalue weighted by molar-refractivity contribution is 0.415. The summed E-state index contributed by atoms with van der Waals surface area (Å²) in [5.41, 5.74) is 2.78. The van der Waals surface area contributed by atoms with Crippen molar-refractivity contribution in [1.29, 1.82) is 0 Å². The van der Waals surface area contributed by atoms with Crippen LogP contribution in [0.1, 0.15) is 5.69 Å².